The molecule has 0 saturated carbocycles. The number of carbonyl (C=O) groups is 1. The van der Waals surface area contributed by atoms with Gasteiger partial charge >= 0.3 is 0 Å². The minimum Gasteiger partial charge on any atom is -0.381 e. The van der Waals surface area contributed by atoms with E-state index in [1.807, 2.05) is 17.0 Å². The molecule has 1 aromatic rings. The van der Waals surface area contributed by atoms with Gasteiger partial charge in [-0.2, -0.15) is 0 Å². The molecule has 0 aromatic heterocycles. The van der Waals surface area contributed by atoms with Crippen LogP contribution in [0.2, 0.25) is 0 Å². The summed E-state index contributed by atoms with van der Waals surface area (Å²) in [4.78, 5) is 16.8. The monoisotopic (exact) mass is 348 g/mol. The van der Waals surface area contributed by atoms with Crippen LogP contribution in [-0.4, -0.2) is 55.1 Å². The third-order valence-electron chi connectivity index (χ3n) is 5.31. The Labute approximate surface area is 149 Å². The van der Waals surface area contributed by atoms with E-state index in [4.69, 9.17) is 4.74 Å². The predicted octanol–water partition coefficient (Wildman–Crippen LogP) is 3.07. The van der Waals surface area contributed by atoms with E-state index in [2.05, 4.69) is 4.90 Å². The fraction of sp³-hybridized carbons (Fsp3) is 0.650. The van der Waals surface area contributed by atoms with E-state index in [1.165, 1.54) is 12.5 Å². The van der Waals surface area contributed by atoms with Crippen molar-refractivity contribution in [3.8, 4) is 0 Å². The van der Waals surface area contributed by atoms with Gasteiger partial charge in [0.15, 0.2) is 0 Å². The van der Waals surface area contributed by atoms with Gasteiger partial charge in [0, 0.05) is 57.9 Å². The maximum atomic E-state index is 13.8. The molecule has 2 aliphatic heterocycles. The molecule has 2 aliphatic rings. The molecule has 1 unspecified atom stereocenters. The average molecular weight is 348 g/mol. The van der Waals surface area contributed by atoms with Crippen LogP contribution in [0.25, 0.3) is 0 Å². The summed E-state index contributed by atoms with van der Waals surface area (Å²) in [5.74, 6) is 0.662. The predicted molar refractivity (Wildman–Crippen MR) is 95.7 cm³/mol. The topological polar surface area (TPSA) is 32.8 Å². The Morgan fingerprint density at radius 3 is 2.84 bits per heavy atom. The van der Waals surface area contributed by atoms with Crippen LogP contribution in [0.3, 0.4) is 0 Å². The molecule has 1 aromatic carbocycles. The van der Waals surface area contributed by atoms with E-state index in [1.54, 1.807) is 6.07 Å². The lowest BCUT2D eigenvalue weighted by molar-refractivity contribution is -0.131. The Morgan fingerprint density at radius 2 is 2.04 bits per heavy atom. The summed E-state index contributed by atoms with van der Waals surface area (Å²) in [6, 6.07) is 6.95. The van der Waals surface area contributed by atoms with Crippen molar-refractivity contribution in [2.45, 2.75) is 38.6 Å². The molecule has 4 nitrogen and oxygen atoms in total. The number of nitrogens with zero attached hydrogens (tertiary/aromatic N) is 2. The second-order valence-electron chi connectivity index (χ2n) is 7.22. The van der Waals surface area contributed by atoms with Crippen LogP contribution in [0.1, 0.15) is 37.7 Å². The minimum absolute atomic E-state index is 0.144. The number of benzene rings is 1. The zero-order valence-corrected chi connectivity index (χ0v) is 15.0. The first kappa shape index (κ1) is 18.3. The summed E-state index contributed by atoms with van der Waals surface area (Å²) in [7, 11) is 0. The van der Waals surface area contributed by atoms with Crippen molar-refractivity contribution in [2.75, 3.05) is 39.4 Å². The molecule has 3 rings (SSSR count). The van der Waals surface area contributed by atoms with Crippen molar-refractivity contribution in [1.29, 1.82) is 0 Å². The third kappa shape index (κ3) is 5.51. The highest BCUT2D eigenvalue weighted by Crippen LogP contribution is 2.20. The second-order valence-corrected chi connectivity index (χ2v) is 7.22. The fourth-order valence-corrected chi connectivity index (χ4v) is 3.77. The van der Waals surface area contributed by atoms with Gasteiger partial charge in [0.05, 0.1) is 0 Å². The first-order valence-electron chi connectivity index (χ1n) is 9.53. The van der Waals surface area contributed by atoms with Crippen LogP contribution in [0.15, 0.2) is 24.3 Å². The Morgan fingerprint density at radius 1 is 1.16 bits per heavy atom. The SMILES string of the molecule is O=C(CCC1CCCOC1)N1CCCN(Cc2ccccc2F)CC1. The molecule has 0 spiro atoms. The Kier molecular flexibility index (Phi) is 6.82. The van der Waals surface area contributed by atoms with E-state index in [0.717, 1.165) is 64.2 Å². The minimum atomic E-state index is -0.144. The van der Waals surface area contributed by atoms with E-state index < -0.39 is 0 Å². The van der Waals surface area contributed by atoms with Gasteiger partial charge in [0.1, 0.15) is 5.82 Å². The van der Waals surface area contributed by atoms with Crippen molar-refractivity contribution >= 4 is 5.91 Å². The lowest BCUT2D eigenvalue weighted by Gasteiger charge is -2.25. The van der Waals surface area contributed by atoms with Crippen molar-refractivity contribution in [3.05, 3.63) is 35.6 Å². The Hall–Kier alpha value is -1.46. The van der Waals surface area contributed by atoms with Crippen molar-refractivity contribution in [3.63, 3.8) is 0 Å². The number of carbonyl (C=O) groups excluding carboxylic acids is 1. The summed E-state index contributed by atoms with van der Waals surface area (Å²) in [6.07, 6.45) is 4.82. The van der Waals surface area contributed by atoms with Crippen molar-refractivity contribution < 1.29 is 13.9 Å². The van der Waals surface area contributed by atoms with E-state index in [0.29, 0.717) is 18.9 Å². The first-order chi connectivity index (χ1) is 12.2. The number of ether oxygens (including phenoxy) is 1. The number of halogens is 1. The molecular formula is C20H29FN2O2. The Balaban J connectivity index is 1.44. The number of amides is 1. The smallest absolute Gasteiger partial charge is 0.222 e. The lowest BCUT2D eigenvalue weighted by atomic mass is 9.96. The highest BCUT2D eigenvalue weighted by Gasteiger charge is 2.21. The molecule has 0 bridgehead atoms. The van der Waals surface area contributed by atoms with Gasteiger partial charge in [-0.15, -0.1) is 0 Å². The van der Waals surface area contributed by atoms with Crippen LogP contribution < -0.4 is 0 Å². The molecule has 138 valence electrons. The van der Waals surface area contributed by atoms with Gasteiger partial charge in [-0.1, -0.05) is 18.2 Å². The van der Waals surface area contributed by atoms with Crippen molar-refractivity contribution in [2.24, 2.45) is 5.92 Å². The zero-order valence-electron chi connectivity index (χ0n) is 15.0. The van der Waals surface area contributed by atoms with E-state index in [9.17, 15) is 9.18 Å². The standard InChI is InChI=1S/C20H29FN2O2/c21-19-7-2-1-6-18(19)15-22-10-4-11-23(13-12-22)20(24)9-8-17-5-3-14-25-16-17/h1-2,6-7,17H,3-5,8-16H2. The summed E-state index contributed by atoms with van der Waals surface area (Å²) in [5, 5.41) is 0. The maximum Gasteiger partial charge on any atom is 0.222 e. The number of hydrogen-bond acceptors (Lipinski definition) is 3. The molecule has 2 fully saturated rings. The molecule has 25 heavy (non-hydrogen) atoms. The van der Waals surface area contributed by atoms with Gasteiger partial charge in [-0.3, -0.25) is 9.69 Å². The lowest BCUT2D eigenvalue weighted by Crippen LogP contribution is -2.35. The normalized spacial score (nSPS) is 22.6. The van der Waals surface area contributed by atoms with Gasteiger partial charge in [0.25, 0.3) is 0 Å². The van der Waals surface area contributed by atoms with Crippen LogP contribution in [-0.2, 0) is 16.1 Å². The van der Waals surface area contributed by atoms with Gasteiger partial charge in [-0.25, -0.2) is 4.39 Å². The first-order valence-corrected chi connectivity index (χ1v) is 9.53. The number of rotatable bonds is 5. The van der Waals surface area contributed by atoms with Crippen LogP contribution in [0, 0.1) is 11.7 Å². The molecule has 1 amide bonds. The molecule has 1 atom stereocenters. The molecule has 0 N–H and O–H groups in total. The average Bonchev–Trinajstić information content (AvgIpc) is 2.88. The molecule has 5 heteroatoms. The van der Waals surface area contributed by atoms with Crippen LogP contribution in [0.4, 0.5) is 4.39 Å². The van der Waals surface area contributed by atoms with Gasteiger partial charge < -0.3 is 9.64 Å². The zero-order chi connectivity index (χ0) is 17.5. The summed E-state index contributed by atoms with van der Waals surface area (Å²) in [5.41, 5.74) is 0.736. The summed E-state index contributed by atoms with van der Waals surface area (Å²) >= 11 is 0. The number of hydrogen-bond donors (Lipinski definition) is 0. The summed E-state index contributed by atoms with van der Waals surface area (Å²) < 4.78 is 19.3. The van der Waals surface area contributed by atoms with Gasteiger partial charge in [0.2, 0.25) is 5.91 Å². The highest BCUT2D eigenvalue weighted by atomic mass is 19.1. The van der Waals surface area contributed by atoms with Crippen LogP contribution in [0.5, 0.6) is 0 Å². The van der Waals surface area contributed by atoms with E-state index in [-0.39, 0.29) is 11.7 Å². The molecule has 2 heterocycles. The molecule has 0 radical (unpaired) electrons. The van der Waals surface area contributed by atoms with Crippen LogP contribution >= 0.6 is 0 Å². The quantitative estimate of drug-likeness (QED) is 0.820. The fourth-order valence-electron chi connectivity index (χ4n) is 3.77. The maximum absolute atomic E-state index is 13.8. The summed E-state index contributed by atoms with van der Waals surface area (Å²) in [6.45, 7) is 5.58. The largest absolute Gasteiger partial charge is 0.381 e. The van der Waals surface area contributed by atoms with Crippen molar-refractivity contribution in [1.82, 2.24) is 9.80 Å². The molecular weight excluding hydrogens is 319 g/mol. The van der Waals surface area contributed by atoms with Gasteiger partial charge in [-0.05, 0) is 37.7 Å². The Bertz CT molecular complexity index is 560. The highest BCUT2D eigenvalue weighted by molar-refractivity contribution is 5.76. The second kappa shape index (κ2) is 9.30. The molecule has 2 saturated heterocycles. The molecule has 0 aliphatic carbocycles. The third-order valence-corrected chi connectivity index (χ3v) is 5.31. The van der Waals surface area contributed by atoms with E-state index >= 15 is 0 Å².